The Morgan fingerprint density at radius 2 is 1.89 bits per heavy atom. The standard InChI is InChI=1S/C14H19Cl2NO/c15-12-4-5-13(16)11(8-12)9-18-10-14(17)6-2-1-3-7-14/h4-5,8H,1-3,6-7,9-10,17H2. The van der Waals surface area contributed by atoms with Crippen molar-refractivity contribution >= 4 is 23.2 Å². The fourth-order valence-electron chi connectivity index (χ4n) is 2.42. The molecule has 0 aliphatic heterocycles. The molecular weight excluding hydrogens is 269 g/mol. The number of rotatable bonds is 4. The number of benzene rings is 1. The summed E-state index contributed by atoms with van der Waals surface area (Å²) in [6.07, 6.45) is 5.81. The largest absolute Gasteiger partial charge is 0.375 e. The smallest absolute Gasteiger partial charge is 0.0732 e. The van der Waals surface area contributed by atoms with Crippen molar-refractivity contribution in [2.24, 2.45) is 5.73 Å². The van der Waals surface area contributed by atoms with Crippen LogP contribution in [-0.2, 0) is 11.3 Å². The van der Waals surface area contributed by atoms with Crippen molar-refractivity contribution in [1.82, 2.24) is 0 Å². The van der Waals surface area contributed by atoms with Gasteiger partial charge >= 0.3 is 0 Å². The molecule has 2 nitrogen and oxygen atoms in total. The van der Waals surface area contributed by atoms with Crippen molar-refractivity contribution in [3.63, 3.8) is 0 Å². The number of hydrogen-bond donors (Lipinski definition) is 1. The molecule has 0 unspecified atom stereocenters. The van der Waals surface area contributed by atoms with Gasteiger partial charge in [-0.3, -0.25) is 0 Å². The molecule has 4 heteroatoms. The Hall–Kier alpha value is -0.280. The highest BCUT2D eigenvalue weighted by molar-refractivity contribution is 6.33. The Balaban J connectivity index is 1.86. The van der Waals surface area contributed by atoms with E-state index in [0.717, 1.165) is 18.4 Å². The van der Waals surface area contributed by atoms with Crippen LogP contribution in [0.15, 0.2) is 18.2 Å². The highest BCUT2D eigenvalue weighted by Gasteiger charge is 2.27. The van der Waals surface area contributed by atoms with Gasteiger partial charge in [-0.15, -0.1) is 0 Å². The molecule has 0 saturated heterocycles. The molecule has 1 aromatic rings. The van der Waals surface area contributed by atoms with Gasteiger partial charge in [0.25, 0.3) is 0 Å². The predicted molar refractivity (Wildman–Crippen MR) is 76.1 cm³/mol. The van der Waals surface area contributed by atoms with Crippen LogP contribution in [0.5, 0.6) is 0 Å². The van der Waals surface area contributed by atoms with E-state index in [2.05, 4.69) is 0 Å². The van der Waals surface area contributed by atoms with Gasteiger partial charge in [-0.25, -0.2) is 0 Å². The molecule has 1 fully saturated rings. The van der Waals surface area contributed by atoms with E-state index in [-0.39, 0.29) is 5.54 Å². The normalized spacial score (nSPS) is 18.8. The molecule has 1 aliphatic rings. The summed E-state index contributed by atoms with van der Waals surface area (Å²) >= 11 is 12.0. The molecule has 1 aliphatic carbocycles. The minimum absolute atomic E-state index is 0.150. The topological polar surface area (TPSA) is 35.2 Å². The lowest BCUT2D eigenvalue weighted by Gasteiger charge is -2.33. The molecule has 0 atom stereocenters. The molecule has 0 bridgehead atoms. The summed E-state index contributed by atoms with van der Waals surface area (Å²) in [4.78, 5) is 0. The number of ether oxygens (including phenoxy) is 1. The van der Waals surface area contributed by atoms with Crippen molar-refractivity contribution in [3.05, 3.63) is 33.8 Å². The van der Waals surface area contributed by atoms with Crippen LogP contribution >= 0.6 is 23.2 Å². The minimum atomic E-state index is -0.150. The second kappa shape index (κ2) is 6.25. The van der Waals surface area contributed by atoms with E-state index in [9.17, 15) is 0 Å². The van der Waals surface area contributed by atoms with E-state index in [0.29, 0.717) is 23.3 Å². The molecule has 0 heterocycles. The molecule has 18 heavy (non-hydrogen) atoms. The Kier molecular flexibility index (Phi) is 4.91. The van der Waals surface area contributed by atoms with Gasteiger partial charge in [-0.1, -0.05) is 42.5 Å². The first-order chi connectivity index (χ1) is 8.59. The third kappa shape index (κ3) is 3.86. The van der Waals surface area contributed by atoms with Gasteiger partial charge in [-0.2, -0.15) is 0 Å². The molecular formula is C14H19Cl2NO. The Labute approximate surface area is 118 Å². The van der Waals surface area contributed by atoms with Crippen LogP contribution < -0.4 is 5.73 Å². The molecule has 0 amide bonds. The first-order valence-electron chi connectivity index (χ1n) is 6.40. The van der Waals surface area contributed by atoms with E-state index in [1.165, 1.54) is 19.3 Å². The Morgan fingerprint density at radius 1 is 1.17 bits per heavy atom. The van der Waals surface area contributed by atoms with Gasteiger partial charge in [0.1, 0.15) is 0 Å². The molecule has 2 rings (SSSR count). The second-order valence-corrected chi connectivity index (χ2v) is 6.00. The van der Waals surface area contributed by atoms with Gasteiger partial charge < -0.3 is 10.5 Å². The predicted octanol–water partition coefficient (Wildman–Crippen LogP) is 4.17. The minimum Gasteiger partial charge on any atom is -0.375 e. The van der Waals surface area contributed by atoms with Gasteiger partial charge in [-0.05, 0) is 36.6 Å². The lowest BCUT2D eigenvalue weighted by molar-refractivity contribution is 0.0575. The zero-order valence-corrected chi connectivity index (χ0v) is 11.9. The fourth-order valence-corrected chi connectivity index (χ4v) is 2.79. The van der Waals surface area contributed by atoms with Crippen molar-refractivity contribution < 1.29 is 4.74 Å². The second-order valence-electron chi connectivity index (χ2n) is 5.15. The summed E-state index contributed by atoms with van der Waals surface area (Å²) in [6, 6.07) is 5.41. The molecule has 1 saturated carbocycles. The zero-order valence-electron chi connectivity index (χ0n) is 10.4. The van der Waals surface area contributed by atoms with Crippen LogP contribution in [0.2, 0.25) is 10.0 Å². The maximum absolute atomic E-state index is 6.31. The van der Waals surface area contributed by atoms with E-state index in [1.807, 2.05) is 6.07 Å². The van der Waals surface area contributed by atoms with Crippen LogP contribution in [0, 0.1) is 0 Å². The summed E-state index contributed by atoms with van der Waals surface area (Å²) in [7, 11) is 0. The third-order valence-corrected chi connectivity index (χ3v) is 4.11. The summed E-state index contributed by atoms with van der Waals surface area (Å²) < 4.78 is 5.73. The van der Waals surface area contributed by atoms with Gasteiger partial charge in [0, 0.05) is 15.6 Å². The Bertz CT molecular complexity index is 403. The zero-order chi connectivity index (χ0) is 13.0. The van der Waals surface area contributed by atoms with E-state index in [1.54, 1.807) is 12.1 Å². The van der Waals surface area contributed by atoms with E-state index >= 15 is 0 Å². The summed E-state index contributed by atoms with van der Waals surface area (Å²) in [6.45, 7) is 1.06. The maximum atomic E-state index is 6.31. The van der Waals surface area contributed by atoms with Crippen LogP contribution in [-0.4, -0.2) is 12.1 Å². The molecule has 0 spiro atoms. The van der Waals surface area contributed by atoms with E-state index < -0.39 is 0 Å². The van der Waals surface area contributed by atoms with Gasteiger partial charge in [0.05, 0.1) is 13.2 Å². The summed E-state index contributed by atoms with van der Waals surface area (Å²) in [5, 5.41) is 1.37. The van der Waals surface area contributed by atoms with Crippen LogP contribution in [0.4, 0.5) is 0 Å². The lowest BCUT2D eigenvalue weighted by atomic mass is 9.83. The highest BCUT2D eigenvalue weighted by atomic mass is 35.5. The summed E-state index contributed by atoms with van der Waals surface area (Å²) in [5.74, 6) is 0. The first-order valence-corrected chi connectivity index (χ1v) is 7.15. The number of nitrogens with two attached hydrogens (primary N) is 1. The quantitative estimate of drug-likeness (QED) is 0.902. The molecule has 100 valence electrons. The van der Waals surface area contributed by atoms with Crippen molar-refractivity contribution in [2.45, 2.75) is 44.2 Å². The molecule has 0 aromatic heterocycles. The monoisotopic (exact) mass is 287 g/mol. The van der Waals surface area contributed by atoms with Crippen LogP contribution in [0.25, 0.3) is 0 Å². The average molecular weight is 288 g/mol. The molecule has 2 N–H and O–H groups in total. The molecule has 1 aromatic carbocycles. The highest BCUT2D eigenvalue weighted by Crippen LogP contribution is 2.27. The van der Waals surface area contributed by atoms with Crippen LogP contribution in [0.3, 0.4) is 0 Å². The van der Waals surface area contributed by atoms with E-state index in [4.69, 9.17) is 33.7 Å². The maximum Gasteiger partial charge on any atom is 0.0732 e. The lowest BCUT2D eigenvalue weighted by Crippen LogP contribution is -2.46. The van der Waals surface area contributed by atoms with Crippen molar-refractivity contribution in [2.75, 3.05) is 6.61 Å². The average Bonchev–Trinajstić information content (AvgIpc) is 2.34. The van der Waals surface area contributed by atoms with Crippen molar-refractivity contribution in [3.8, 4) is 0 Å². The summed E-state index contributed by atoms with van der Waals surface area (Å²) in [5.41, 5.74) is 7.08. The van der Waals surface area contributed by atoms with Crippen LogP contribution in [0.1, 0.15) is 37.7 Å². The first kappa shape index (κ1) is 14.1. The third-order valence-electron chi connectivity index (χ3n) is 3.50. The Morgan fingerprint density at radius 3 is 2.61 bits per heavy atom. The van der Waals surface area contributed by atoms with Crippen molar-refractivity contribution in [1.29, 1.82) is 0 Å². The number of halogens is 2. The number of hydrogen-bond acceptors (Lipinski definition) is 2. The fraction of sp³-hybridized carbons (Fsp3) is 0.571. The van der Waals surface area contributed by atoms with Gasteiger partial charge in [0.15, 0.2) is 0 Å². The van der Waals surface area contributed by atoms with Gasteiger partial charge in [0.2, 0.25) is 0 Å². The molecule has 0 radical (unpaired) electrons. The SMILES string of the molecule is NC1(COCc2cc(Cl)ccc2Cl)CCCCC1.